The molecule has 4 nitrogen and oxygen atoms in total. The summed E-state index contributed by atoms with van der Waals surface area (Å²) in [6.07, 6.45) is 7.72. The second-order valence-electron chi connectivity index (χ2n) is 5.78. The van der Waals surface area contributed by atoms with Crippen molar-refractivity contribution in [3.8, 4) is 17.0 Å². The predicted octanol–water partition coefficient (Wildman–Crippen LogP) is 3.23. The molecule has 0 unspecified atom stereocenters. The average Bonchev–Trinajstić information content (AvgIpc) is 2.61. The molecule has 1 atom stereocenters. The van der Waals surface area contributed by atoms with Gasteiger partial charge >= 0.3 is 0 Å². The quantitative estimate of drug-likeness (QED) is 0.920. The van der Waals surface area contributed by atoms with Gasteiger partial charge in [0.1, 0.15) is 12.1 Å². The Morgan fingerprint density at radius 1 is 1.23 bits per heavy atom. The first kappa shape index (κ1) is 15.0. The van der Waals surface area contributed by atoms with E-state index in [2.05, 4.69) is 21.4 Å². The number of benzene rings is 1. The zero-order chi connectivity index (χ0) is 15.2. The van der Waals surface area contributed by atoms with Gasteiger partial charge in [-0.05, 0) is 50.4 Å². The monoisotopic (exact) mass is 297 g/mol. The number of hydrogen-bond donors (Lipinski definition) is 1. The van der Waals surface area contributed by atoms with Crippen LogP contribution < -0.4 is 10.1 Å². The number of aromatic nitrogens is 2. The minimum atomic E-state index is 0.637. The summed E-state index contributed by atoms with van der Waals surface area (Å²) in [5, 5.41) is 3.59. The van der Waals surface area contributed by atoms with E-state index < -0.39 is 0 Å². The second-order valence-corrected chi connectivity index (χ2v) is 5.78. The van der Waals surface area contributed by atoms with Crippen LogP contribution in [0.4, 0.5) is 0 Å². The highest BCUT2D eigenvalue weighted by Crippen LogP contribution is 2.28. The second kappa shape index (κ2) is 7.36. The lowest BCUT2D eigenvalue weighted by Crippen LogP contribution is -2.34. The summed E-state index contributed by atoms with van der Waals surface area (Å²) in [5.41, 5.74) is 3.05. The van der Waals surface area contributed by atoms with Crippen molar-refractivity contribution in [3.63, 3.8) is 0 Å². The van der Waals surface area contributed by atoms with E-state index in [9.17, 15) is 0 Å². The van der Waals surface area contributed by atoms with Crippen LogP contribution in [0, 0.1) is 0 Å². The van der Waals surface area contributed by atoms with Crippen LogP contribution in [0.1, 0.15) is 31.4 Å². The summed E-state index contributed by atoms with van der Waals surface area (Å²) >= 11 is 0. The molecule has 22 heavy (non-hydrogen) atoms. The first-order valence-electron chi connectivity index (χ1n) is 8.04. The Hall–Kier alpha value is -1.94. The molecule has 1 aromatic heterocycles. The van der Waals surface area contributed by atoms with Gasteiger partial charge in [0, 0.05) is 17.3 Å². The zero-order valence-corrected chi connectivity index (χ0v) is 13.1. The van der Waals surface area contributed by atoms with Crippen LogP contribution in [0.25, 0.3) is 11.3 Å². The van der Waals surface area contributed by atoms with Gasteiger partial charge in [-0.1, -0.05) is 18.6 Å². The van der Waals surface area contributed by atoms with Crippen molar-refractivity contribution >= 4 is 0 Å². The van der Waals surface area contributed by atoms with E-state index in [0.717, 1.165) is 42.1 Å². The Kier molecular flexibility index (Phi) is 5.01. The van der Waals surface area contributed by atoms with Gasteiger partial charge in [-0.2, -0.15) is 0 Å². The molecular weight excluding hydrogens is 274 g/mol. The largest absolute Gasteiger partial charge is 0.496 e. The molecule has 0 spiro atoms. The number of aryl methyl sites for hydroxylation is 1. The lowest BCUT2D eigenvalue weighted by atomic mass is 9.99. The first-order chi connectivity index (χ1) is 10.9. The van der Waals surface area contributed by atoms with Crippen molar-refractivity contribution in [3.05, 3.63) is 42.4 Å². The third-order valence-electron chi connectivity index (χ3n) is 4.27. The summed E-state index contributed by atoms with van der Waals surface area (Å²) in [7, 11) is 1.69. The molecule has 1 aromatic carbocycles. The molecule has 0 amide bonds. The highest BCUT2D eigenvalue weighted by atomic mass is 16.5. The Balaban J connectivity index is 1.72. The van der Waals surface area contributed by atoms with Crippen LogP contribution in [-0.2, 0) is 6.42 Å². The number of para-hydroxylation sites is 1. The molecule has 1 aliphatic rings. The van der Waals surface area contributed by atoms with Gasteiger partial charge in [0.15, 0.2) is 0 Å². The Morgan fingerprint density at radius 2 is 2.14 bits per heavy atom. The van der Waals surface area contributed by atoms with E-state index in [1.165, 1.54) is 19.3 Å². The fourth-order valence-electron chi connectivity index (χ4n) is 3.03. The van der Waals surface area contributed by atoms with Gasteiger partial charge in [-0.25, -0.2) is 9.97 Å². The molecule has 0 saturated carbocycles. The van der Waals surface area contributed by atoms with E-state index in [4.69, 9.17) is 4.74 Å². The SMILES string of the molecule is COc1ccccc1-c1cc(CC[C@H]2CCCCN2)ncn1. The maximum absolute atomic E-state index is 5.42. The van der Waals surface area contributed by atoms with Gasteiger partial charge in [0.2, 0.25) is 0 Å². The highest BCUT2D eigenvalue weighted by molar-refractivity contribution is 5.66. The van der Waals surface area contributed by atoms with Crippen molar-refractivity contribution in [2.24, 2.45) is 0 Å². The molecule has 2 aromatic rings. The number of piperidine rings is 1. The number of rotatable bonds is 5. The predicted molar refractivity (Wildman–Crippen MR) is 88.0 cm³/mol. The van der Waals surface area contributed by atoms with E-state index in [1.54, 1.807) is 13.4 Å². The molecule has 0 radical (unpaired) electrons. The molecular formula is C18H23N3O. The van der Waals surface area contributed by atoms with Crippen LogP contribution in [-0.4, -0.2) is 29.7 Å². The molecule has 2 heterocycles. The van der Waals surface area contributed by atoms with Crippen LogP contribution in [0.2, 0.25) is 0 Å². The van der Waals surface area contributed by atoms with Gasteiger partial charge in [0.05, 0.1) is 12.8 Å². The molecule has 1 aliphatic heterocycles. The molecule has 3 rings (SSSR count). The van der Waals surface area contributed by atoms with Gasteiger partial charge in [0.25, 0.3) is 0 Å². The standard InChI is InChI=1S/C18H23N3O/c1-22-18-8-3-2-7-16(18)17-12-15(20-13-21-17)10-9-14-6-4-5-11-19-14/h2-3,7-8,12-14,19H,4-6,9-11H2,1H3/t14-/m1/s1. The third kappa shape index (κ3) is 3.63. The number of nitrogens with one attached hydrogen (secondary N) is 1. The van der Waals surface area contributed by atoms with Crippen molar-refractivity contribution in [1.82, 2.24) is 15.3 Å². The summed E-state index contributed by atoms with van der Waals surface area (Å²) in [5.74, 6) is 0.848. The minimum absolute atomic E-state index is 0.637. The molecule has 0 bridgehead atoms. The molecule has 1 N–H and O–H groups in total. The van der Waals surface area contributed by atoms with Gasteiger partial charge in [-0.15, -0.1) is 0 Å². The average molecular weight is 297 g/mol. The highest BCUT2D eigenvalue weighted by Gasteiger charge is 2.13. The van der Waals surface area contributed by atoms with Crippen molar-refractivity contribution in [2.75, 3.05) is 13.7 Å². The number of nitrogens with zero attached hydrogens (tertiary/aromatic N) is 2. The molecule has 4 heteroatoms. The lowest BCUT2D eigenvalue weighted by molar-refractivity contribution is 0.382. The maximum Gasteiger partial charge on any atom is 0.128 e. The Labute approximate surface area is 132 Å². The summed E-state index contributed by atoms with van der Waals surface area (Å²) in [4.78, 5) is 8.83. The van der Waals surface area contributed by atoms with Crippen molar-refractivity contribution in [1.29, 1.82) is 0 Å². The fraction of sp³-hybridized carbons (Fsp3) is 0.444. The summed E-state index contributed by atoms with van der Waals surface area (Å²) in [6.45, 7) is 1.15. The first-order valence-corrected chi connectivity index (χ1v) is 8.04. The zero-order valence-electron chi connectivity index (χ0n) is 13.1. The Bertz CT molecular complexity index is 609. The topological polar surface area (TPSA) is 47.0 Å². The Morgan fingerprint density at radius 3 is 2.95 bits per heavy atom. The van der Waals surface area contributed by atoms with Crippen LogP contribution in [0.15, 0.2) is 36.7 Å². The van der Waals surface area contributed by atoms with E-state index >= 15 is 0 Å². The molecule has 1 saturated heterocycles. The summed E-state index contributed by atoms with van der Waals surface area (Å²) in [6, 6.07) is 10.7. The maximum atomic E-state index is 5.42. The van der Waals surface area contributed by atoms with E-state index in [0.29, 0.717) is 6.04 Å². The third-order valence-corrected chi connectivity index (χ3v) is 4.27. The fourth-order valence-corrected chi connectivity index (χ4v) is 3.03. The smallest absolute Gasteiger partial charge is 0.128 e. The number of methoxy groups -OCH3 is 1. The van der Waals surface area contributed by atoms with Crippen molar-refractivity contribution < 1.29 is 4.74 Å². The van der Waals surface area contributed by atoms with Gasteiger partial charge in [-0.3, -0.25) is 0 Å². The minimum Gasteiger partial charge on any atom is -0.496 e. The van der Waals surface area contributed by atoms with Crippen LogP contribution >= 0.6 is 0 Å². The normalized spacial score (nSPS) is 18.1. The van der Waals surface area contributed by atoms with E-state index in [-0.39, 0.29) is 0 Å². The number of hydrogen-bond acceptors (Lipinski definition) is 4. The van der Waals surface area contributed by atoms with Crippen LogP contribution in [0.5, 0.6) is 5.75 Å². The van der Waals surface area contributed by atoms with Crippen LogP contribution in [0.3, 0.4) is 0 Å². The lowest BCUT2D eigenvalue weighted by Gasteiger charge is -2.23. The molecule has 0 aliphatic carbocycles. The summed E-state index contributed by atoms with van der Waals surface area (Å²) < 4.78 is 5.42. The molecule has 1 fully saturated rings. The number of ether oxygens (including phenoxy) is 1. The van der Waals surface area contributed by atoms with Gasteiger partial charge < -0.3 is 10.1 Å². The molecule has 116 valence electrons. The van der Waals surface area contributed by atoms with Crippen molar-refractivity contribution in [2.45, 2.75) is 38.1 Å². The van der Waals surface area contributed by atoms with E-state index in [1.807, 2.05) is 24.3 Å².